The maximum atomic E-state index is 10.8. The SMILES string of the molecule is CN1CCCC(O)(c2ccc3c(c2)OCCCO3)C1. The van der Waals surface area contributed by atoms with Crippen molar-refractivity contribution in [2.24, 2.45) is 0 Å². The first-order valence-electron chi connectivity index (χ1n) is 6.98. The van der Waals surface area contributed by atoms with E-state index in [0.29, 0.717) is 19.8 Å². The molecule has 3 rings (SSSR count). The van der Waals surface area contributed by atoms with Crippen molar-refractivity contribution in [3.63, 3.8) is 0 Å². The summed E-state index contributed by atoms with van der Waals surface area (Å²) in [7, 11) is 2.05. The van der Waals surface area contributed by atoms with Gasteiger partial charge in [-0.3, -0.25) is 0 Å². The van der Waals surface area contributed by atoms with Gasteiger partial charge in [0.05, 0.1) is 13.2 Å². The van der Waals surface area contributed by atoms with Crippen LogP contribution < -0.4 is 9.47 Å². The molecule has 1 aromatic carbocycles. The van der Waals surface area contributed by atoms with Gasteiger partial charge >= 0.3 is 0 Å². The summed E-state index contributed by atoms with van der Waals surface area (Å²) in [5.41, 5.74) is 0.167. The van der Waals surface area contributed by atoms with Crippen LogP contribution in [0.5, 0.6) is 11.5 Å². The molecule has 1 unspecified atom stereocenters. The summed E-state index contributed by atoms with van der Waals surface area (Å²) in [6.45, 7) is 3.09. The second-order valence-electron chi connectivity index (χ2n) is 5.58. The van der Waals surface area contributed by atoms with Gasteiger partial charge in [0, 0.05) is 13.0 Å². The Morgan fingerprint density at radius 3 is 2.74 bits per heavy atom. The standard InChI is InChI=1S/C15H21NO3/c1-16-7-2-6-15(17,11-16)12-4-5-13-14(10-12)19-9-3-8-18-13/h4-5,10,17H,2-3,6-9,11H2,1H3. The van der Waals surface area contributed by atoms with Crippen molar-refractivity contribution in [3.05, 3.63) is 23.8 Å². The van der Waals surface area contributed by atoms with Crippen LogP contribution in [-0.4, -0.2) is 43.4 Å². The molecule has 2 aliphatic heterocycles. The fraction of sp³-hybridized carbons (Fsp3) is 0.600. The smallest absolute Gasteiger partial charge is 0.161 e. The van der Waals surface area contributed by atoms with Crippen molar-refractivity contribution >= 4 is 0 Å². The molecule has 0 amide bonds. The molecule has 1 N–H and O–H groups in total. The van der Waals surface area contributed by atoms with Gasteiger partial charge in [-0.2, -0.15) is 0 Å². The van der Waals surface area contributed by atoms with Crippen LogP contribution in [0.4, 0.5) is 0 Å². The predicted molar refractivity (Wildman–Crippen MR) is 72.7 cm³/mol. The molecular weight excluding hydrogens is 242 g/mol. The van der Waals surface area contributed by atoms with Gasteiger partial charge < -0.3 is 19.5 Å². The molecule has 1 aromatic rings. The number of likely N-dealkylation sites (N-methyl/N-ethyl adjacent to an activating group) is 1. The zero-order valence-electron chi connectivity index (χ0n) is 11.4. The number of ether oxygens (including phenoxy) is 2. The van der Waals surface area contributed by atoms with E-state index in [1.807, 2.05) is 25.2 Å². The third kappa shape index (κ3) is 2.55. The molecule has 4 heteroatoms. The molecule has 104 valence electrons. The van der Waals surface area contributed by atoms with E-state index in [4.69, 9.17) is 9.47 Å². The van der Waals surface area contributed by atoms with Crippen LogP contribution in [0, 0.1) is 0 Å². The second kappa shape index (κ2) is 5.02. The molecule has 0 radical (unpaired) electrons. The third-order valence-corrected chi connectivity index (χ3v) is 3.95. The zero-order valence-corrected chi connectivity index (χ0v) is 11.4. The molecular formula is C15H21NO3. The van der Waals surface area contributed by atoms with Crippen LogP contribution in [0.15, 0.2) is 18.2 Å². The molecule has 0 aliphatic carbocycles. The number of β-amino-alcohol motifs (C(OH)–C–C–N with tert-alkyl or cyclic N) is 1. The Bertz CT molecular complexity index is 463. The predicted octanol–water partition coefficient (Wildman–Crippen LogP) is 1.76. The lowest BCUT2D eigenvalue weighted by atomic mass is 9.86. The molecule has 2 aliphatic rings. The number of likely N-dealkylation sites (tertiary alicyclic amines) is 1. The first-order chi connectivity index (χ1) is 9.17. The quantitative estimate of drug-likeness (QED) is 0.838. The van der Waals surface area contributed by atoms with Gasteiger partial charge in [0.25, 0.3) is 0 Å². The maximum absolute atomic E-state index is 10.8. The summed E-state index contributed by atoms with van der Waals surface area (Å²) in [4.78, 5) is 2.17. The van der Waals surface area contributed by atoms with Crippen molar-refractivity contribution in [1.29, 1.82) is 0 Å². The fourth-order valence-corrected chi connectivity index (χ4v) is 2.93. The summed E-state index contributed by atoms with van der Waals surface area (Å²) in [6, 6.07) is 5.83. The van der Waals surface area contributed by atoms with Crippen LogP contribution in [0.25, 0.3) is 0 Å². The number of hydrogen-bond acceptors (Lipinski definition) is 4. The van der Waals surface area contributed by atoms with E-state index in [1.54, 1.807) is 0 Å². The van der Waals surface area contributed by atoms with E-state index in [0.717, 1.165) is 42.9 Å². The molecule has 4 nitrogen and oxygen atoms in total. The number of fused-ring (bicyclic) bond motifs is 1. The lowest BCUT2D eigenvalue weighted by Gasteiger charge is -2.38. The molecule has 0 saturated carbocycles. The normalized spacial score (nSPS) is 27.9. The topological polar surface area (TPSA) is 41.9 Å². The van der Waals surface area contributed by atoms with Crippen LogP contribution >= 0.6 is 0 Å². The Morgan fingerprint density at radius 2 is 1.95 bits per heavy atom. The first-order valence-corrected chi connectivity index (χ1v) is 6.98. The molecule has 1 fully saturated rings. The summed E-state index contributed by atoms with van der Waals surface area (Å²) >= 11 is 0. The molecule has 1 atom stereocenters. The highest BCUT2D eigenvalue weighted by molar-refractivity contribution is 5.45. The number of rotatable bonds is 1. The van der Waals surface area contributed by atoms with E-state index in [9.17, 15) is 5.11 Å². The van der Waals surface area contributed by atoms with Crippen molar-refractivity contribution in [1.82, 2.24) is 4.90 Å². The lowest BCUT2D eigenvalue weighted by molar-refractivity contribution is -0.0279. The minimum Gasteiger partial charge on any atom is -0.490 e. The summed E-state index contributed by atoms with van der Waals surface area (Å²) in [5, 5.41) is 10.8. The zero-order chi connectivity index (χ0) is 13.3. The summed E-state index contributed by atoms with van der Waals surface area (Å²) in [6.07, 6.45) is 2.72. The Morgan fingerprint density at radius 1 is 1.16 bits per heavy atom. The minimum absolute atomic E-state index is 0.673. The Kier molecular flexibility index (Phi) is 3.37. The highest BCUT2D eigenvalue weighted by atomic mass is 16.5. The van der Waals surface area contributed by atoms with Gasteiger partial charge in [0.1, 0.15) is 5.60 Å². The highest BCUT2D eigenvalue weighted by Gasteiger charge is 2.34. The van der Waals surface area contributed by atoms with Gasteiger partial charge in [-0.1, -0.05) is 6.07 Å². The van der Waals surface area contributed by atoms with Gasteiger partial charge in [-0.25, -0.2) is 0 Å². The number of benzene rings is 1. The van der Waals surface area contributed by atoms with Gasteiger partial charge in [-0.05, 0) is 44.1 Å². The third-order valence-electron chi connectivity index (χ3n) is 3.95. The van der Waals surface area contributed by atoms with Gasteiger partial charge in [0.15, 0.2) is 11.5 Å². The fourth-order valence-electron chi connectivity index (χ4n) is 2.93. The number of piperidine rings is 1. The van der Waals surface area contributed by atoms with Crippen molar-refractivity contribution in [3.8, 4) is 11.5 Å². The second-order valence-corrected chi connectivity index (χ2v) is 5.58. The number of nitrogens with zero attached hydrogens (tertiary/aromatic N) is 1. The van der Waals surface area contributed by atoms with E-state index in [1.165, 1.54) is 0 Å². The summed E-state index contributed by atoms with van der Waals surface area (Å²) in [5.74, 6) is 1.55. The molecule has 19 heavy (non-hydrogen) atoms. The average molecular weight is 263 g/mol. The first kappa shape index (κ1) is 12.8. The molecule has 0 spiro atoms. The Hall–Kier alpha value is -1.26. The monoisotopic (exact) mass is 263 g/mol. The van der Waals surface area contributed by atoms with Crippen LogP contribution in [0.2, 0.25) is 0 Å². The lowest BCUT2D eigenvalue weighted by Crippen LogP contribution is -2.44. The molecule has 2 heterocycles. The highest BCUT2D eigenvalue weighted by Crippen LogP contribution is 2.37. The van der Waals surface area contributed by atoms with E-state index >= 15 is 0 Å². The molecule has 0 aromatic heterocycles. The van der Waals surface area contributed by atoms with Crippen LogP contribution in [0.1, 0.15) is 24.8 Å². The molecule has 0 bridgehead atoms. The van der Waals surface area contributed by atoms with Crippen molar-refractivity contribution in [2.45, 2.75) is 24.9 Å². The van der Waals surface area contributed by atoms with Crippen LogP contribution in [0.3, 0.4) is 0 Å². The maximum Gasteiger partial charge on any atom is 0.161 e. The minimum atomic E-state index is -0.766. The van der Waals surface area contributed by atoms with Gasteiger partial charge in [0.2, 0.25) is 0 Å². The van der Waals surface area contributed by atoms with E-state index in [-0.39, 0.29) is 0 Å². The largest absolute Gasteiger partial charge is 0.490 e. The van der Waals surface area contributed by atoms with Crippen molar-refractivity contribution < 1.29 is 14.6 Å². The molecule has 1 saturated heterocycles. The van der Waals surface area contributed by atoms with E-state index < -0.39 is 5.60 Å². The Balaban J connectivity index is 1.90. The van der Waals surface area contributed by atoms with Gasteiger partial charge in [-0.15, -0.1) is 0 Å². The average Bonchev–Trinajstić information content (AvgIpc) is 2.62. The Labute approximate surface area is 113 Å². The van der Waals surface area contributed by atoms with Crippen molar-refractivity contribution in [2.75, 3.05) is 33.4 Å². The summed E-state index contributed by atoms with van der Waals surface area (Å²) < 4.78 is 11.3. The number of hydrogen-bond donors (Lipinski definition) is 1. The number of aliphatic hydroxyl groups is 1. The van der Waals surface area contributed by atoms with E-state index in [2.05, 4.69) is 4.90 Å². The van der Waals surface area contributed by atoms with Crippen LogP contribution in [-0.2, 0) is 5.60 Å².